The quantitative estimate of drug-likeness (QED) is 0.672. The van der Waals surface area contributed by atoms with Crippen LogP contribution in [0.5, 0.6) is 0 Å². The van der Waals surface area contributed by atoms with Crippen LogP contribution < -0.4 is 16.0 Å². The van der Waals surface area contributed by atoms with Crippen LogP contribution in [0.2, 0.25) is 0 Å². The Hall–Kier alpha value is -1.10. The molecule has 0 spiro atoms. The molecule has 1 fully saturated rings. The number of amides is 2. The van der Waals surface area contributed by atoms with Crippen molar-refractivity contribution in [2.24, 2.45) is 0 Å². The van der Waals surface area contributed by atoms with Crippen LogP contribution in [0.25, 0.3) is 0 Å². The summed E-state index contributed by atoms with van der Waals surface area (Å²) >= 11 is 0. The Kier molecular flexibility index (Phi) is 6.84. The monoisotopic (exact) mass is 269 g/mol. The molecule has 2 amide bonds. The zero-order valence-electron chi connectivity index (χ0n) is 12.3. The summed E-state index contributed by atoms with van der Waals surface area (Å²) in [5.41, 5.74) is 0. The second kappa shape index (κ2) is 8.15. The summed E-state index contributed by atoms with van der Waals surface area (Å²) in [6.07, 6.45) is 5.82. The molecule has 0 aliphatic heterocycles. The Balaban J connectivity index is 2.22. The maximum atomic E-state index is 11.9. The van der Waals surface area contributed by atoms with Crippen molar-refractivity contribution in [1.29, 1.82) is 0 Å². The predicted octanol–water partition coefficient (Wildman–Crippen LogP) is 0.938. The average Bonchev–Trinajstić information content (AvgIpc) is 2.36. The Morgan fingerprint density at radius 2 is 1.74 bits per heavy atom. The molecule has 1 unspecified atom stereocenters. The van der Waals surface area contributed by atoms with E-state index in [-0.39, 0.29) is 30.4 Å². The largest absolute Gasteiger partial charge is 0.353 e. The van der Waals surface area contributed by atoms with Gasteiger partial charge in [0.1, 0.15) is 0 Å². The molecular formula is C14H27N3O2. The second-order valence-electron chi connectivity index (χ2n) is 5.67. The molecular weight excluding hydrogens is 242 g/mol. The van der Waals surface area contributed by atoms with E-state index in [1.165, 1.54) is 19.3 Å². The summed E-state index contributed by atoms with van der Waals surface area (Å²) in [5.74, 6) is -0.0865. The lowest BCUT2D eigenvalue weighted by atomic mass is 9.95. The van der Waals surface area contributed by atoms with Crippen LogP contribution in [-0.4, -0.2) is 36.5 Å². The van der Waals surface area contributed by atoms with Crippen molar-refractivity contribution in [3.63, 3.8) is 0 Å². The van der Waals surface area contributed by atoms with Gasteiger partial charge in [-0.1, -0.05) is 19.3 Å². The average molecular weight is 269 g/mol. The minimum Gasteiger partial charge on any atom is -0.353 e. The third-order valence-electron chi connectivity index (χ3n) is 3.36. The summed E-state index contributed by atoms with van der Waals surface area (Å²) in [4.78, 5) is 23.4. The first-order valence-electron chi connectivity index (χ1n) is 7.32. The fraction of sp³-hybridized carbons (Fsp3) is 0.857. The van der Waals surface area contributed by atoms with Crippen molar-refractivity contribution < 1.29 is 9.59 Å². The molecule has 1 aliphatic carbocycles. The maximum Gasteiger partial charge on any atom is 0.237 e. The van der Waals surface area contributed by atoms with Crippen molar-refractivity contribution in [3.8, 4) is 0 Å². The van der Waals surface area contributed by atoms with Gasteiger partial charge in [0.15, 0.2) is 0 Å². The van der Waals surface area contributed by atoms with Crippen LogP contribution in [0.4, 0.5) is 0 Å². The number of hydrogen-bond donors (Lipinski definition) is 3. The molecule has 0 aromatic carbocycles. The summed E-state index contributed by atoms with van der Waals surface area (Å²) < 4.78 is 0. The van der Waals surface area contributed by atoms with Crippen LogP contribution in [0, 0.1) is 0 Å². The number of rotatable bonds is 6. The lowest BCUT2D eigenvalue weighted by molar-refractivity contribution is -0.124. The van der Waals surface area contributed by atoms with E-state index in [2.05, 4.69) is 16.0 Å². The zero-order valence-corrected chi connectivity index (χ0v) is 12.3. The SMILES string of the molecule is CC(C)NC(=O)CNC(C)C(=O)NC1CCCCC1. The third-order valence-corrected chi connectivity index (χ3v) is 3.36. The van der Waals surface area contributed by atoms with Gasteiger partial charge in [-0.3, -0.25) is 14.9 Å². The molecule has 0 aromatic heterocycles. The molecule has 0 bridgehead atoms. The molecule has 5 heteroatoms. The van der Waals surface area contributed by atoms with Gasteiger partial charge >= 0.3 is 0 Å². The number of carbonyl (C=O) groups is 2. The number of nitrogens with one attached hydrogen (secondary N) is 3. The molecule has 1 rings (SSSR count). The Morgan fingerprint density at radius 1 is 1.11 bits per heavy atom. The van der Waals surface area contributed by atoms with Crippen molar-refractivity contribution in [2.75, 3.05) is 6.54 Å². The lowest BCUT2D eigenvalue weighted by Gasteiger charge is -2.24. The first-order chi connectivity index (χ1) is 8.99. The molecule has 110 valence electrons. The standard InChI is InChI=1S/C14H27N3O2/c1-10(2)16-13(18)9-15-11(3)14(19)17-12-7-5-4-6-8-12/h10-12,15H,4-9H2,1-3H3,(H,16,18)(H,17,19). The van der Waals surface area contributed by atoms with Crippen molar-refractivity contribution >= 4 is 11.8 Å². The van der Waals surface area contributed by atoms with Gasteiger partial charge in [0, 0.05) is 12.1 Å². The Morgan fingerprint density at radius 3 is 2.32 bits per heavy atom. The van der Waals surface area contributed by atoms with Crippen molar-refractivity contribution in [2.45, 2.75) is 71.0 Å². The van der Waals surface area contributed by atoms with E-state index in [9.17, 15) is 9.59 Å². The van der Waals surface area contributed by atoms with E-state index in [1.54, 1.807) is 6.92 Å². The van der Waals surface area contributed by atoms with E-state index in [0.29, 0.717) is 6.04 Å². The summed E-state index contributed by atoms with van der Waals surface area (Å²) in [5, 5.41) is 8.79. The molecule has 5 nitrogen and oxygen atoms in total. The molecule has 0 saturated heterocycles. The van der Waals surface area contributed by atoms with Gasteiger partial charge in [0.2, 0.25) is 11.8 Å². The van der Waals surface area contributed by atoms with Gasteiger partial charge in [-0.25, -0.2) is 0 Å². The van der Waals surface area contributed by atoms with Gasteiger partial charge in [0.25, 0.3) is 0 Å². The Bertz CT molecular complexity index is 299. The Labute approximate surface area is 115 Å². The van der Waals surface area contributed by atoms with E-state index in [0.717, 1.165) is 12.8 Å². The van der Waals surface area contributed by atoms with Gasteiger partial charge in [-0.2, -0.15) is 0 Å². The third kappa shape index (κ3) is 6.57. The number of carbonyl (C=O) groups excluding carboxylic acids is 2. The maximum absolute atomic E-state index is 11.9. The smallest absolute Gasteiger partial charge is 0.237 e. The van der Waals surface area contributed by atoms with Crippen LogP contribution in [0.15, 0.2) is 0 Å². The van der Waals surface area contributed by atoms with Crippen molar-refractivity contribution in [1.82, 2.24) is 16.0 Å². The second-order valence-corrected chi connectivity index (χ2v) is 5.67. The molecule has 0 aromatic rings. The highest BCUT2D eigenvalue weighted by Crippen LogP contribution is 2.17. The topological polar surface area (TPSA) is 70.2 Å². The van der Waals surface area contributed by atoms with Crippen LogP contribution >= 0.6 is 0 Å². The predicted molar refractivity (Wildman–Crippen MR) is 75.8 cm³/mol. The van der Waals surface area contributed by atoms with Gasteiger partial charge < -0.3 is 10.6 Å². The molecule has 1 atom stereocenters. The van der Waals surface area contributed by atoms with E-state index < -0.39 is 0 Å². The molecule has 0 heterocycles. The van der Waals surface area contributed by atoms with Crippen LogP contribution in [0.3, 0.4) is 0 Å². The number of hydrogen-bond acceptors (Lipinski definition) is 3. The molecule has 19 heavy (non-hydrogen) atoms. The highest BCUT2D eigenvalue weighted by Gasteiger charge is 2.19. The normalized spacial score (nSPS) is 18.1. The lowest BCUT2D eigenvalue weighted by Crippen LogP contribution is -2.49. The van der Waals surface area contributed by atoms with Gasteiger partial charge in [-0.05, 0) is 33.6 Å². The summed E-state index contributed by atoms with van der Waals surface area (Å²) in [6.45, 7) is 5.80. The highest BCUT2D eigenvalue weighted by atomic mass is 16.2. The molecule has 1 aliphatic rings. The zero-order chi connectivity index (χ0) is 14.3. The molecule has 3 N–H and O–H groups in total. The highest BCUT2D eigenvalue weighted by molar-refractivity contribution is 5.83. The summed E-state index contributed by atoms with van der Waals surface area (Å²) in [7, 11) is 0. The molecule has 0 radical (unpaired) electrons. The van der Waals surface area contributed by atoms with Crippen LogP contribution in [-0.2, 0) is 9.59 Å². The first-order valence-corrected chi connectivity index (χ1v) is 7.32. The first kappa shape index (κ1) is 16.0. The van der Waals surface area contributed by atoms with Gasteiger partial charge in [-0.15, -0.1) is 0 Å². The van der Waals surface area contributed by atoms with E-state index >= 15 is 0 Å². The summed E-state index contributed by atoms with van der Waals surface area (Å²) in [6, 6.07) is 0.107. The molecule has 1 saturated carbocycles. The van der Waals surface area contributed by atoms with Gasteiger partial charge in [0.05, 0.1) is 12.6 Å². The van der Waals surface area contributed by atoms with Crippen LogP contribution in [0.1, 0.15) is 52.9 Å². The van der Waals surface area contributed by atoms with E-state index in [1.807, 2.05) is 13.8 Å². The fourth-order valence-electron chi connectivity index (χ4n) is 2.28. The minimum absolute atomic E-state index is 0.00996. The van der Waals surface area contributed by atoms with E-state index in [4.69, 9.17) is 0 Å². The van der Waals surface area contributed by atoms with Crippen molar-refractivity contribution in [3.05, 3.63) is 0 Å². The fourth-order valence-corrected chi connectivity index (χ4v) is 2.28. The minimum atomic E-state index is -0.333.